The van der Waals surface area contributed by atoms with Crippen LogP contribution in [0.4, 0.5) is 0 Å². The van der Waals surface area contributed by atoms with E-state index in [0.29, 0.717) is 13.1 Å². The number of nitrogens with one attached hydrogen (secondary N) is 2. The van der Waals surface area contributed by atoms with Crippen molar-refractivity contribution >= 4 is 5.96 Å². The number of benzene rings is 2. The van der Waals surface area contributed by atoms with E-state index in [2.05, 4.69) is 20.7 Å². The van der Waals surface area contributed by atoms with Crippen LogP contribution >= 0.6 is 0 Å². The van der Waals surface area contributed by atoms with E-state index in [-0.39, 0.29) is 6.79 Å². The molecule has 0 saturated carbocycles. The average molecular weight is 407 g/mol. The van der Waals surface area contributed by atoms with Crippen LogP contribution in [0.1, 0.15) is 18.2 Å². The summed E-state index contributed by atoms with van der Waals surface area (Å²) in [5.41, 5.74) is 2.95. The summed E-state index contributed by atoms with van der Waals surface area (Å²) < 4.78 is 17.8. The molecule has 0 aliphatic carbocycles. The molecule has 0 fully saturated rings. The van der Waals surface area contributed by atoms with E-state index in [4.69, 9.17) is 14.2 Å². The zero-order valence-electron chi connectivity index (χ0n) is 17.1. The minimum Gasteiger partial charge on any atom is -0.497 e. The Morgan fingerprint density at radius 3 is 2.73 bits per heavy atom. The van der Waals surface area contributed by atoms with E-state index in [0.717, 1.165) is 46.7 Å². The molecule has 156 valence electrons. The van der Waals surface area contributed by atoms with Crippen LogP contribution in [0, 0.1) is 0 Å². The van der Waals surface area contributed by atoms with Gasteiger partial charge in [-0.3, -0.25) is 0 Å². The van der Waals surface area contributed by atoms with Crippen LogP contribution in [-0.4, -0.2) is 36.2 Å². The van der Waals surface area contributed by atoms with Gasteiger partial charge in [0.1, 0.15) is 5.75 Å². The van der Waals surface area contributed by atoms with Gasteiger partial charge in [0.15, 0.2) is 17.5 Å². The third-order valence-electron chi connectivity index (χ3n) is 4.62. The van der Waals surface area contributed by atoms with Crippen LogP contribution in [-0.2, 0) is 13.1 Å². The highest BCUT2D eigenvalue weighted by molar-refractivity contribution is 5.79. The molecule has 2 heterocycles. The van der Waals surface area contributed by atoms with Crippen LogP contribution in [0.15, 0.2) is 59.7 Å². The molecule has 8 nitrogen and oxygen atoms in total. The van der Waals surface area contributed by atoms with Gasteiger partial charge in [0.2, 0.25) is 6.79 Å². The molecule has 30 heavy (non-hydrogen) atoms. The van der Waals surface area contributed by atoms with E-state index in [1.165, 1.54) is 0 Å². The number of guanidine groups is 1. The van der Waals surface area contributed by atoms with Crippen molar-refractivity contribution in [2.75, 3.05) is 20.4 Å². The topological polar surface area (TPSA) is 81.9 Å². The third kappa shape index (κ3) is 4.65. The molecule has 0 bridgehead atoms. The van der Waals surface area contributed by atoms with E-state index >= 15 is 0 Å². The van der Waals surface area contributed by atoms with Gasteiger partial charge in [-0.15, -0.1) is 0 Å². The van der Waals surface area contributed by atoms with Gasteiger partial charge in [-0.1, -0.05) is 6.07 Å². The van der Waals surface area contributed by atoms with Crippen molar-refractivity contribution in [1.82, 2.24) is 20.4 Å². The summed E-state index contributed by atoms with van der Waals surface area (Å²) in [4.78, 5) is 4.66. The average Bonchev–Trinajstić information content (AvgIpc) is 3.45. The Hall–Kier alpha value is -3.68. The molecule has 3 aromatic rings. The molecule has 0 saturated heterocycles. The van der Waals surface area contributed by atoms with Gasteiger partial charge in [0.05, 0.1) is 31.6 Å². The Morgan fingerprint density at radius 2 is 1.93 bits per heavy atom. The predicted octanol–water partition coefficient (Wildman–Crippen LogP) is 2.86. The van der Waals surface area contributed by atoms with Crippen molar-refractivity contribution in [2.45, 2.75) is 20.0 Å². The second-order valence-electron chi connectivity index (χ2n) is 6.69. The number of nitrogens with zero attached hydrogens (tertiary/aromatic N) is 3. The Bertz CT molecular complexity index is 1010. The Balaban J connectivity index is 1.37. The third-order valence-corrected chi connectivity index (χ3v) is 4.62. The second-order valence-corrected chi connectivity index (χ2v) is 6.69. The van der Waals surface area contributed by atoms with Gasteiger partial charge in [-0.25, -0.2) is 9.67 Å². The first-order valence-corrected chi connectivity index (χ1v) is 9.85. The predicted molar refractivity (Wildman–Crippen MR) is 114 cm³/mol. The lowest BCUT2D eigenvalue weighted by Crippen LogP contribution is -2.36. The number of hydrogen-bond acceptors (Lipinski definition) is 5. The van der Waals surface area contributed by atoms with Crippen molar-refractivity contribution < 1.29 is 14.2 Å². The minimum atomic E-state index is 0.273. The van der Waals surface area contributed by atoms with Crippen LogP contribution in [0.3, 0.4) is 0 Å². The molecule has 2 N–H and O–H groups in total. The maximum absolute atomic E-state index is 5.43. The van der Waals surface area contributed by atoms with Gasteiger partial charge in [0, 0.05) is 12.7 Å². The summed E-state index contributed by atoms with van der Waals surface area (Å²) in [5.74, 6) is 3.10. The summed E-state index contributed by atoms with van der Waals surface area (Å²) in [6, 6.07) is 15.6. The van der Waals surface area contributed by atoms with E-state index in [1.54, 1.807) is 7.11 Å². The number of rotatable bonds is 7. The standard InChI is InChI=1S/C22H25N5O3/c1-3-23-22(24-13-16-4-9-20-21(12-16)30-15-29-20)25-14-17-10-11-27(26-17)18-5-7-19(28-2)8-6-18/h4-12H,3,13-15H2,1-2H3,(H2,23,24,25). The first kappa shape index (κ1) is 19.6. The van der Waals surface area contributed by atoms with Gasteiger partial charge in [0.25, 0.3) is 0 Å². The van der Waals surface area contributed by atoms with Crippen LogP contribution in [0.5, 0.6) is 17.2 Å². The first-order chi connectivity index (χ1) is 14.7. The second kappa shape index (κ2) is 9.21. The highest BCUT2D eigenvalue weighted by Crippen LogP contribution is 2.32. The molecule has 1 aromatic heterocycles. The van der Waals surface area contributed by atoms with Gasteiger partial charge in [-0.05, 0) is 55.0 Å². The maximum atomic E-state index is 5.43. The van der Waals surface area contributed by atoms with Gasteiger partial charge >= 0.3 is 0 Å². The number of aliphatic imine (C=N–C) groups is 1. The van der Waals surface area contributed by atoms with E-state index < -0.39 is 0 Å². The first-order valence-electron chi connectivity index (χ1n) is 9.85. The molecule has 2 aromatic carbocycles. The number of methoxy groups -OCH3 is 1. The van der Waals surface area contributed by atoms with E-state index in [9.17, 15) is 0 Å². The van der Waals surface area contributed by atoms with Crippen LogP contribution in [0.25, 0.3) is 5.69 Å². The number of fused-ring (bicyclic) bond motifs is 1. The van der Waals surface area contributed by atoms with Crippen molar-refractivity contribution in [3.63, 3.8) is 0 Å². The minimum absolute atomic E-state index is 0.273. The Labute approximate surface area is 175 Å². The zero-order valence-corrected chi connectivity index (χ0v) is 17.1. The molecule has 1 aliphatic heterocycles. The summed E-state index contributed by atoms with van der Waals surface area (Å²) in [7, 11) is 1.66. The number of aromatic nitrogens is 2. The van der Waals surface area contributed by atoms with Crippen molar-refractivity contribution in [3.8, 4) is 22.9 Å². The molecular formula is C22H25N5O3. The quantitative estimate of drug-likeness (QED) is 0.463. The van der Waals surface area contributed by atoms with Crippen molar-refractivity contribution in [3.05, 3.63) is 66.0 Å². The highest BCUT2D eigenvalue weighted by Gasteiger charge is 2.13. The fourth-order valence-corrected chi connectivity index (χ4v) is 3.06. The summed E-state index contributed by atoms with van der Waals surface area (Å²) in [6.45, 7) is 4.18. The molecule has 4 rings (SSSR count). The molecule has 1 aliphatic rings. The zero-order chi connectivity index (χ0) is 20.8. The van der Waals surface area contributed by atoms with Crippen LogP contribution < -0.4 is 24.8 Å². The fraction of sp³-hybridized carbons (Fsp3) is 0.273. The monoisotopic (exact) mass is 407 g/mol. The van der Waals surface area contributed by atoms with Gasteiger partial charge in [-0.2, -0.15) is 5.10 Å². The number of ether oxygens (including phenoxy) is 3. The molecule has 0 spiro atoms. The molecular weight excluding hydrogens is 382 g/mol. The lowest BCUT2D eigenvalue weighted by molar-refractivity contribution is 0.174. The summed E-state index contributed by atoms with van der Waals surface area (Å²) in [6.07, 6.45) is 1.94. The smallest absolute Gasteiger partial charge is 0.231 e. The lowest BCUT2D eigenvalue weighted by Gasteiger charge is -2.10. The lowest BCUT2D eigenvalue weighted by atomic mass is 10.2. The highest BCUT2D eigenvalue weighted by atomic mass is 16.7. The Kier molecular flexibility index (Phi) is 6.03. The maximum Gasteiger partial charge on any atom is 0.231 e. The molecule has 0 atom stereocenters. The molecule has 0 radical (unpaired) electrons. The largest absolute Gasteiger partial charge is 0.497 e. The van der Waals surface area contributed by atoms with Crippen LogP contribution in [0.2, 0.25) is 0 Å². The molecule has 0 unspecified atom stereocenters. The summed E-state index contributed by atoms with van der Waals surface area (Å²) >= 11 is 0. The van der Waals surface area contributed by atoms with Crippen molar-refractivity contribution in [2.24, 2.45) is 4.99 Å². The van der Waals surface area contributed by atoms with Crippen molar-refractivity contribution in [1.29, 1.82) is 0 Å². The Morgan fingerprint density at radius 1 is 1.10 bits per heavy atom. The number of hydrogen-bond donors (Lipinski definition) is 2. The fourth-order valence-electron chi connectivity index (χ4n) is 3.06. The SMILES string of the molecule is CCNC(=NCc1ccc2c(c1)OCO2)NCc1ccn(-c2ccc(OC)cc2)n1. The normalized spacial score (nSPS) is 12.7. The van der Waals surface area contributed by atoms with Gasteiger partial charge < -0.3 is 24.8 Å². The molecule has 8 heteroatoms. The molecule has 0 amide bonds. The van der Waals surface area contributed by atoms with E-state index in [1.807, 2.05) is 66.3 Å². The summed E-state index contributed by atoms with van der Waals surface area (Å²) in [5, 5.41) is 11.2.